The van der Waals surface area contributed by atoms with Crippen molar-refractivity contribution in [2.45, 2.75) is 26.5 Å². The Labute approximate surface area is 216 Å². The van der Waals surface area contributed by atoms with Crippen LogP contribution in [0.15, 0.2) is 45.4 Å². The Morgan fingerprint density at radius 2 is 2.24 bits per heavy atom. The molecule has 1 aromatic carbocycles. The zero-order valence-corrected chi connectivity index (χ0v) is 21.0. The van der Waals surface area contributed by atoms with E-state index in [1.165, 1.54) is 0 Å². The Morgan fingerprint density at radius 1 is 1.30 bits per heavy atom. The number of oxazole rings is 1. The fourth-order valence-corrected chi connectivity index (χ4v) is 5.32. The van der Waals surface area contributed by atoms with Gasteiger partial charge in [-0.15, -0.1) is 22.0 Å². The summed E-state index contributed by atoms with van der Waals surface area (Å²) in [7, 11) is 0. The average molecular weight is 520 g/mol. The number of hydrogen-bond acceptors (Lipinski definition) is 10. The highest BCUT2D eigenvalue weighted by molar-refractivity contribution is 7.99. The van der Waals surface area contributed by atoms with Gasteiger partial charge in [0, 0.05) is 31.5 Å². The number of nitrogens with one attached hydrogen (secondary N) is 1. The van der Waals surface area contributed by atoms with E-state index in [1.807, 2.05) is 41.8 Å². The zero-order chi connectivity index (χ0) is 25.2. The molecule has 11 nitrogen and oxygen atoms in total. The Bertz CT molecular complexity index is 1410. The number of amides is 1. The third kappa shape index (κ3) is 4.96. The van der Waals surface area contributed by atoms with Crippen LogP contribution >= 0.6 is 11.8 Å². The molecule has 0 bridgehead atoms. The second kappa shape index (κ2) is 10.1. The van der Waals surface area contributed by atoms with Crippen LogP contribution in [0.25, 0.3) is 17.5 Å². The molecule has 6 rings (SSSR count). The van der Waals surface area contributed by atoms with E-state index in [0.717, 1.165) is 46.3 Å². The SMILES string of the molecule is Cc1oc(N2CCSC2)nc1COc1cc2c(cc1-c1nn[nH]n1)CCN(C(=O)/C=C/c1ccco1)C2. The van der Waals surface area contributed by atoms with E-state index in [2.05, 4.69) is 30.5 Å². The number of tetrazole rings is 1. The molecule has 12 heteroatoms. The molecule has 2 aliphatic heterocycles. The number of thioether (sulfide) groups is 1. The molecule has 37 heavy (non-hydrogen) atoms. The van der Waals surface area contributed by atoms with Crippen molar-refractivity contribution in [3.05, 3.63) is 64.9 Å². The van der Waals surface area contributed by atoms with Gasteiger partial charge < -0.3 is 23.4 Å². The fourth-order valence-electron chi connectivity index (χ4n) is 4.38. The number of furan rings is 1. The van der Waals surface area contributed by atoms with Crippen LogP contribution in [0.2, 0.25) is 0 Å². The molecule has 1 N–H and O–H groups in total. The molecule has 1 amide bonds. The number of carbonyl (C=O) groups excluding carboxylic acids is 1. The van der Waals surface area contributed by atoms with Crippen molar-refractivity contribution in [2.24, 2.45) is 0 Å². The smallest absolute Gasteiger partial charge is 0.298 e. The highest BCUT2D eigenvalue weighted by Gasteiger charge is 2.24. The van der Waals surface area contributed by atoms with Gasteiger partial charge in [-0.1, -0.05) is 0 Å². The topological polar surface area (TPSA) is 126 Å². The van der Waals surface area contributed by atoms with Crippen molar-refractivity contribution in [1.82, 2.24) is 30.5 Å². The molecule has 0 saturated carbocycles. The van der Waals surface area contributed by atoms with E-state index in [4.69, 9.17) is 13.6 Å². The normalized spacial score (nSPS) is 15.5. The number of benzene rings is 1. The molecule has 1 fully saturated rings. The lowest BCUT2D eigenvalue weighted by Crippen LogP contribution is -2.34. The molecule has 0 radical (unpaired) electrons. The third-order valence-corrected chi connectivity index (χ3v) is 7.38. The van der Waals surface area contributed by atoms with E-state index in [1.54, 1.807) is 24.5 Å². The Kier molecular flexibility index (Phi) is 6.39. The van der Waals surface area contributed by atoms with Crippen LogP contribution in [0.5, 0.6) is 5.75 Å². The van der Waals surface area contributed by atoms with E-state index in [0.29, 0.717) is 42.9 Å². The molecule has 4 aromatic rings. The van der Waals surface area contributed by atoms with Gasteiger partial charge >= 0.3 is 0 Å². The summed E-state index contributed by atoms with van der Waals surface area (Å²) in [5.74, 6) is 4.28. The summed E-state index contributed by atoms with van der Waals surface area (Å²) in [6.45, 7) is 4.12. The van der Waals surface area contributed by atoms with E-state index in [9.17, 15) is 4.79 Å². The predicted molar refractivity (Wildman–Crippen MR) is 137 cm³/mol. The van der Waals surface area contributed by atoms with E-state index in [-0.39, 0.29) is 12.5 Å². The first-order valence-corrected chi connectivity index (χ1v) is 13.1. The lowest BCUT2D eigenvalue weighted by atomic mass is 9.96. The van der Waals surface area contributed by atoms with Gasteiger partial charge in [-0.2, -0.15) is 10.2 Å². The first-order valence-electron chi connectivity index (χ1n) is 12.0. The van der Waals surface area contributed by atoms with Crippen molar-refractivity contribution in [2.75, 3.05) is 29.6 Å². The summed E-state index contributed by atoms with van der Waals surface area (Å²) in [5.41, 5.74) is 3.61. The third-order valence-electron chi connectivity index (χ3n) is 6.41. The van der Waals surface area contributed by atoms with Gasteiger partial charge in [-0.05, 0) is 60.0 Å². The molecule has 190 valence electrons. The van der Waals surface area contributed by atoms with Gasteiger partial charge in [-0.3, -0.25) is 4.79 Å². The number of anilines is 1. The number of rotatable bonds is 7. The van der Waals surface area contributed by atoms with Gasteiger partial charge in [0.15, 0.2) is 0 Å². The number of hydrogen-bond donors (Lipinski definition) is 1. The van der Waals surface area contributed by atoms with Crippen molar-refractivity contribution in [3.63, 3.8) is 0 Å². The molecule has 0 atom stereocenters. The number of aromatic nitrogens is 5. The largest absolute Gasteiger partial charge is 0.486 e. The summed E-state index contributed by atoms with van der Waals surface area (Å²) < 4.78 is 17.4. The molecular formula is C25H25N7O4S. The summed E-state index contributed by atoms with van der Waals surface area (Å²) in [4.78, 5) is 21.4. The second-order valence-corrected chi connectivity index (χ2v) is 9.87. The number of aryl methyl sites for hydroxylation is 1. The predicted octanol–water partition coefficient (Wildman–Crippen LogP) is 3.44. The van der Waals surface area contributed by atoms with E-state index < -0.39 is 0 Å². The first-order chi connectivity index (χ1) is 18.1. The molecule has 1 saturated heterocycles. The highest BCUT2D eigenvalue weighted by atomic mass is 32.2. The molecule has 0 aliphatic carbocycles. The van der Waals surface area contributed by atoms with Crippen LogP contribution in [0.1, 0.15) is 28.3 Å². The number of aromatic amines is 1. The van der Waals surface area contributed by atoms with Crippen LogP contribution < -0.4 is 9.64 Å². The molecule has 2 aliphatic rings. The maximum atomic E-state index is 12.8. The minimum Gasteiger partial charge on any atom is -0.486 e. The number of nitrogens with zero attached hydrogens (tertiary/aromatic N) is 6. The Balaban J connectivity index is 1.23. The maximum Gasteiger partial charge on any atom is 0.298 e. The number of carbonyl (C=O) groups is 1. The van der Waals surface area contributed by atoms with Crippen LogP contribution in [0, 0.1) is 6.92 Å². The minimum atomic E-state index is -0.0717. The summed E-state index contributed by atoms with van der Waals surface area (Å²) >= 11 is 1.86. The van der Waals surface area contributed by atoms with Gasteiger partial charge in [-0.25, -0.2) is 0 Å². The summed E-state index contributed by atoms with van der Waals surface area (Å²) in [6, 6.07) is 8.21. The summed E-state index contributed by atoms with van der Waals surface area (Å²) in [6.07, 6.45) is 5.51. The first kappa shape index (κ1) is 23.3. The van der Waals surface area contributed by atoms with Gasteiger partial charge in [0.1, 0.15) is 29.6 Å². The highest BCUT2D eigenvalue weighted by Crippen LogP contribution is 2.34. The summed E-state index contributed by atoms with van der Waals surface area (Å²) in [5, 5.41) is 14.6. The van der Waals surface area contributed by atoms with E-state index >= 15 is 0 Å². The molecule has 3 aromatic heterocycles. The molecular weight excluding hydrogens is 494 g/mol. The van der Waals surface area contributed by atoms with Crippen molar-refractivity contribution in [3.8, 4) is 17.1 Å². The van der Waals surface area contributed by atoms with Crippen molar-refractivity contribution in [1.29, 1.82) is 0 Å². The van der Waals surface area contributed by atoms with Crippen LogP contribution in [-0.2, 0) is 24.4 Å². The fraction of sp³-hybridized carbons (Fsp3) is 0.320. The number of fused-ring (bicyclic) bond motifs is 1. The molecule has 0 spiro atoms. The van der Waals surface area contributed by atoms with Gasteiger partial charge in [0.05, 0.1) is 17.7 Å². The standard InChI is InChI=1S/C25H25N7O4S/c1-16-21(26-25(36-16)32-8-10-37-15-32)14-35-22-12-18-13-31(23(33)5-4-19-3-2-9-34-19)7-6-17(18)11-20(22)24-27-29-30-28-24/h2-5,9,11-12H,6-8,10,13-15H2,1H3,(H,27,28,29,30)/b5-4+. The van der Waals surface area contributed by atoms with Gasteiger partial charge in [0.2, 0.25) is 11.7 Å². The Hall–Kier alpha value is -4.06. The molecule has 5 heterocycles. The maximum absolute atomic E-state index is 12.8. The average Bonchev–Trinajstić information content (AvgIpc) is 3.73. The lowest BCUT2D eigenvalue weighted by Gasteiger charge is -2.29. The van der Waals surface area contributed by atoms with Crippen molar-refractivity contribution < 1.29 is 18.4 Å². The van der Waals surface area contributed by atoms with Gasteiger partial charge in [0.25, 0.3) is 6.01 Å². The van der Waals surface area contributed by atoms with Crippen LogP contribution in [0.4, 0.5) is 6.01 Å². The zero-order valence-electron chi connectivity index (χ0n) is 20.2. The number of ether oxygens (including phenoxy) is 1. The van der Waals surface area contributed by atoms with Crippen LogP contribution in [0.3, 0.4) is 0 Å². The monoisotopic (exact) mass is 519 g/mol. The minimum absolute atomic E-state index is 0.0717. The quantitative estimate of drug-likeness (QED) is 0.363. The lowest BCUT2D eigenvalue weighted by molar-refractivity contribution is -0.126. The number of H-pyrrole nitrogens is 1. The molecule has 0 unspecified atom stereocenters. The van der Waals surface area contributed by atoms with Crippen molar-refractivity contribution >= 4 is 29.8 Å². The second-order valence-electron chi connectivity index (χ2n) is 8.80. The van der Waals surface area contributed by atoms with Crippen LogP contribution in [-0.4, -0.2) is 61.1 Å². The Morgan fingerprint density at radius 3 is 3.03 bits per heavy atom.